The Hall–Kier alpha value is -0.770. The Kier molecular flexibility index (Phi) is 5.70. The fraction of sp³-hybridized carbons (Fsp3) is 0.750. The number of nitrogens with zero attached hydrogens (tertiary/aromatic N) is 2. The van der Waals surface area contributed by atoms with Crippen LogP contribution in [0.1, 0.15) is 57.3 Å². The molecule has 1 aromatic heterocycles. The lowest BCUT2D eigenvalue weighted by Crippen LogP contribution is -2.16. The Morgan fingerprint density at radius 1 is 1.25 bits per heavy atom. The van der Waals surface area contributed by atoms with Crippen molar-refractivity contribution in [1.82, 2.24) is 9.97 Å². The molecule has 2 atom stereocenters. The van der Waals surface area contributed by atoms with Crippen LogP contribution in [0.25, 0.3) is 0 Å². The first-order valence-corrected chi connectivity index (χ1v) is 8.73. The molecule has 0 radical (unpaired) electrons. The molecule has 0 amide bonds. The van der Waals surface area contributed by atoms with Gasteiger partial charge in [0, 0.05) is 17.4 Å². The average molecular weight is 293 g/mol. The van der Waals surface area contributed by atoms with Crippen LogP contribution >= 0.6 is 11.8 Å². The van der Waals surface area contributed by atoms with Crippen LogP contribution in [0.4, 0.5) is 5.82 Å². The summed E-state index contributed by atoms with van der Waals surface area (Å²) < 4.78 is 0. The summed E-state index contributed by atoms with van der Waals surface area (Å²) in [6, 6.07) is 0. The van der Waals surface area contributed by atoms with Gasteiger partial charge in [0.1, 0.15) is 16.7 Å². The van der Waals surface area contributed by atoms with Crippen LogP contribution in [0.15, 0.2) is 5.03 Å². The largest absolute Gasteiger partial charge is 0.370 e. The summed E-state index contributed by atoms with van der Waals surface area (Å²) in [7, 11) is 0. The zero-order valence-electron chi connectivity index (χ0n) is 13.2. The van der Waals surface area contributed by atoms with Crippen LogP contribution in [0.2, 0.25) is 0 Å². The maximum absolute atomic E-state index is 4.67. The van der Waals surface area contributed by atoms with Gasteiger partial charge in [0.05, 0.1) is 0 Å². The Bertz CT molecular complexity index is 448. The van der Waals surface area contributed by atoms with E-state index < -0.39 is 0 Å². The number of rotatable bonds is 5. The summed E-state index contributed by atoms with van der Waals surface area (Å²) in [6.45, 7) is 9.66. The van der Waals surface area contributed by atoms with Gasteiger partial charge < -0.3 is 5.32 Å². The number of aryl methyl sites for hydroxylation is 1. The monoisotopic (exact) mass is 293 g/mol. The molecule has 2 rings (SSSR count). The first-order chi connectivity index (χ1) is 9.60. The fourth-order valence-corrected chi connectivity index (χ4v) is 4.26. The molecule has 1 aliphatic carbocycles. The predicted octanol–water partition coefficient (Wildman–Crippen LogP) is 4.59. The third-order valence-corrected chi connectivity index (χ3v) is 5.30. The Morgan fingerprint density at radius 2 is 2.05 bits per heavy atom. The fourth-order valence-electron chi connectivity index (χ4n) is 2.78. The lowest BCUT2D eigenvalue weighted by molar-refractivity contribution is 0.394. The van der Waals surface area contributed by atoms with E-state index in [-0.39, 0.29) is 0 Å². The van der Waals surface area contributed by atoms with E-state index in [1.165, 1.54) is 36.3 Å². The number of nitrogens with one attached hydrogen (secondary N) is 1. The molecule has 0 spiro atoms. The summed E-state index contributed by atoms with van der Waals surface area (Å²) in [5.41, 5.74) is 1.22. The highest BCUT2D eigenvalue weighted by Crippen LogP contribution is 2.37. The van der Waals surface area contributed by atoms with E-state index in [9.17, 15) is 0 Å². The minimum absolute atomic E-state index is 0.728. The van der Waals surface area contributed by atoms with Crippen molar-refractivity contribution in [2.45, 2.75) is 70.1 Å². The maximum Gasteiger partial charge on any atom is 0.133 e. The second-order valence-corrected chi connectivity index (χ2v) is 7.28. The highest BCUT2D eigenvalue weighted by molar-refractivity contribution is 7.99. The average Bonchev–Trinajstić information content (AvgIpc) is 2.41. The Balaban J connectivity index is 2.11. The number of hydrogen-bond acceptors (Lipinski definition) is 4. The summed E-state index contributed by atoms with van der Waals surface area (Å²) in [5, 5.41) is 5.33. The molecule has 3 nitrogen and oxygen atoms in total. The first-order valence-electron chi connectivity index (χ1n) is 7.86. The maximum atomic E-state index is 4.67. The van der Waals surface area contributed by atoms with Gasteiger partial charge in [-0.3, -0.25) is 0 Å². The normalized spacial score (nSPS) is 22.8. The van der Waals surface area contributed by atoms with Crippen LogP contribution in [0.3, 0.4) is 0 Å². The van der Waals surface area contributed by atoms with Crippen molar-refractivity contribution in [3.8, 4) is 0 Å². The molecule has 0 bridgehead atoms. The third kappa shape index (κ3) is 4.11. The zero-order chi connectivity index (χ0) is 14.5. The standard InChI is InChI=1S/C16H27N3S/c1-5-9-17-15-12(3)16(19-13(4)18-15)20-14-8-6-7-11(2)10-14/h11,14H,5-10H2,1-4H3,(H,17,18,19). The van der Waals surface area contributed by atoms with E-state index in [1.54, 1.807) is 0 Å². The molecule has 1 N–H and O–H groups in total. The van der Waals surface area contributed by atoms with Crippen molar-refractivity contribution < 1.29 is 0 Å². The van der Waals surface area contributed by atoms with Crippen molar-refractivity contribution in [3.05, 3.63) is 11.4 Å². The van der Waals surface area contributed by atoms with Crippen LogP contribution in [0, 0.1) is 19.8 Å². The van der Waals surface area contributed by atoms with Gasteiger partial charge in [-0.1, -0.05) is 26.7 Å². The van der Waals surface area contributed by atoms with Crippen LogP contribution in [0.5, 0.6) is 0 Å². The van der Waals surface area contributed by atoms with Crippen molar-refractivity contribution in [3.63, 3.8) is 0 Å². The summed E-state index contributed by atoms with van der Waals surface area (Å²) in [4.78, 5) is 9.22. The van der Waals surface area contributed by atoms with E-state index >= 15 is 0 Å². The minimum Gasteiger partial charge on any atom is -0.370 e. The molecule has 1 aliphatic rings. The number of anilines is 1. The quantitative estimate of drug-likeness (QED) is 0.806. The molecular weight excluding hydrogens is 266 g/mol. The van der Waals surface area contributed by atoms with Crippen LogP contribution in [-0.2, 0) is 0 Å². The lowest BCUT2D eigenvalue weighted by atomic mass is 9.91. The van der Waals surface area contributed by atoms with Crippen molar-refractivity contribution in [2.75, 3.05) is 11.9 Å². The van der Waals surface area contributed by atoms with Gasteiger partial charge in [-0.15, -0.1) is 11.8 Å². The van der Waals surface area contributed by atoms with Gasteiger partial charge in [-0.05, 0) is 39.0 Å². The topological polar surface area (TPSA) is 37.8 Å². The first kappa shape index (κ1) is 15.6. The molecule has 4 heteroatoms. The Morgan fingerprint density at radius 3 is 2.75 bits per heavy atom. The predicted molar refractivity (Wildman–Crippen MR) is 87.6 cm³/mol. The molecule has 20 heavy (non-hydrogen) atoms. The Labute approximate surface area is 127 Å². The van der Waals surface area contributed by atoms with Gasteiger partial charge in [-0.2, -0.15) is 0 Å². The van der Waals surface area contributed by atoms with E-state index in [0.29, 0.717) is 0 Å². The summed E-state index contributed by atoms with van der Waals surface area (Å²) in [5.74, 6) is 2.76. The molecule has 2 unspecified atom stereocenters. The number of thioether (sulfide) groups is 1. The lowest BCUT2D eigenvalue weighted by Gasteiger charge is -2.26. The SMILES string of the molecule is CCCNc1nc(C)nc(SC2CCCC(C)C2)c1C. The van der Waals surface area contributed by atoms with Crippen molar-refractivity contribution in [1.29, 1.82) is 0 Å². The van der Waals surface area contributed by atoms with Gasteiger partial charge in [-0.25, -0.2) is 9.97 Å². The highest BCUT2D eigenvalue weighted by atomic mass is 32.2. The van der Waals surface area contributed by atoms with Gasteiger partial charge in [0.25, 0.3) is 0 Å². The summed E-state index contributed by atoms with van der Waals surface area (Å²) in [6.07, 6.45) is 6.52. The second kappa shape index (κ2) is 7.30. The van der Waals surface area contributed by atoms with E-state index in [0.717, 1.165) is 35.8 Å². The molecule has 0 saturated heterocycles. The molecular formula is C16H27N3S. The molecule has 0 aromatic carbocycles. The van der Waals surface area contributed by atoms with E-state index in [2.05, 4.69) is 36.1 Å². The zero-order valence-corrected chi connectivity index (χ0v) is 14.0. The van der Waals surface area contributed by atoms with Crippen molar-refractivity contribution >= 4 is 17.6 Å². The molecule has 1 saturated carbocycles. The molecule has 1 fully saturated rings. The molecule has 112 valence electrons. The van der Waals surface area contributed by atoms with E-state index in [4.69, 9.17) is 0 Å². The number of aromatic nitrogens is 2. The smallest absolute Gasteiger partial charge is 0.133 e. The second-order valence-electron chi connectivity index (χ2n) is 5.99. The van der Waals surface area contributed by atoms with Crippen molar-refractivity contribution in [2.24, 2.45) is 5.92 Å². The molecule has 1 aromatic rings. The van der Waals surface area contributed by atoms with E-state index in [1.807, 2.05) is 18.7 Å². The highest BCUT2D eigenvalue weighted by Gasteiger charge is 2.22. The summed E-state index contributed by atoms with van der Waals surface area (Å²) >= 11 is 1.97. The van der Waals surface area contributed by atoms with Gasteiger partial charge in [0.2, 0.25) is 0 Å². The van der Waals surface area contributed by atoms with Crippen LogP contribution in [-0.4, -0.2) is 21.8 Å². The van der Waals surface area contributed by atoms with Gasteiger partial charge in [0.15, 0.2) is 0 Å². The number of hydrogen-bond donors (Lipinski definition) is 1. The molecule has 1 heterocycles. The van der Waals surface area contributed by atoms with Crippen LogP contribution < -0.4 is 5.32 Å². The third-order valence-electron chi connectivity index (χ3n) is 3.92. The molecule has 0 aliphatic heterocycles. The minimum atomic E-state index is 0.728. The van der Waals surface area contributed by atoms with Gasteiger partial charge >= 0.3 is 0 Å².